The number of pyridine rings is 1. The lowest BCUT2D eigenvalue weighted by molar-refractivity contribution is 0.0977. The van der Waals surface area contributed by atoms with Gasteiger partial charge in [-0.15, -0.1) is 0 Å². The highest BCUT2D eigenvalue weighted by molar-refractivity contribution is 14.1. The maximum Gasteiger partial charge on any atom is 0.258 e. The van der Waals surface area contributed by atoms with Crippen LogP contribution in [0, 0.1) is 3.57 Å². The molecule has 0 bridgehead atoms. The average molecular weight is 418 g/mol. The van der Waals surface area contributed by atoms with Crippen molar-refractivity contribution < 1.29 is 4.79 Å². The van der Waals surface area contributed by atoms with Crippen LogP contribution >= 0.6 is 46.4 Å². The van der Waals surface area contributed by atoms with Crippen LogP contribution in [-0.4, -0.2) is 16.0 Å². The number of nitrogens with one attached hydrogen (secondary N) is 2. The first kappa shape index (κ1) is 15.1. The van der Waals surface area contributed by atoms with E-state index in [0.717, 1.165) is 3.57 Å². The van der Waals surface area contributed by atoms with Gasteiger partial charge in [-0.1, -0.05) is 23.7 Å². The van der Waals surface area contributed by atoms with Gasteiger partial charge in [0.1, 0.15) is 5.15 Å². The number of hydrogen-bond donors (Lipinski definition) is 2. The van der Waals surface area contributed by atoms with Crippen molar-refractivity contribution in [1.82, 2.24) is 10.3 Å². The molecule has 0 radical (unpaired) electrons. The van der Waals surface area contributed by atoms with Crippen LogP contribution in [-0.2, 0) is 0 Å². The Labute approximate surface area is 140 Å². The summed E-state index contributed by atoms with van der Waals surface area (Å²) in [6.07, 6.45) is 1.53. The van der Waals surface area contributed by atoms with Crippen molar-refractivity contribution in [3.05, 3.63) is 56.9 Å². The summed E-state index contributed by atoms with van der Waals surface area (Å²) in [6.45, 7) is 0. The van der Waals surface area contributed by atoms with E-state index in [0.29, 0.717) is 16.4 Å². The number of halogens is 2. The number of benzene rings is 1. The molecule has 0 unspecified atom stereocenters. The summed E-state index contributed by atoms with van der Waals surface area (Å²) in [7, 11) is 0. The molecular formula is C13H9ClIN3OS. The van der Waals surface area contributed by atoms with Gasteiger partial charge >= 0.3 is 0 Å². The predicted molar refractivity (Wildman–Crippen MR) is 92.1 cm³/mol. The maximum absolute atomic E-state index is 12.0. The lowest BCUT2D eigenvalue weighted by atomic mass is 10.2. The van der Waals surface area contributed by atoms with Gasteiger partial charge in [0.05, 0.1) is 17.4 Å². The SMILES string of the molecule is O=C(NC(=S)Nc1ccc(Cl)nc1)c1ccccc1I. The van der Waals surface area contributed by atoms with E-state index in [-0.39, 0.29) is 11.0 Å². The predicted octanol–water partition coefficient (Wildman–Crippen LogP) is 3.47. The number of amides is 1. The lowest BCUT2D eigenvalue weighted by Gasteiger charge is -2.10. The quantitative estimate of drug-likeness (QED) is 0.446. The molecule has 0 saturated carbocycles. The molecule has 102 valence electrons. The van der Waals surface area contributed by atoms with Gasteiger partial charge in [-0.25, -0.2) is 4.98 Å². The Bertz CT molecular complexity index is 648. The molecule has 2 N–H and O–H groups in total. The van der Waals surface area contributed by atoms with E-state index in [2.05, 4.69) is 38.2 Å². The second kappa shape index (κ2) is 6.96. The highest BCUT2D eigenvalue weighted by Gasteiger charge is 2.10. The normalized spacial score (nSPS) is 9.90. The first-order valence-electron chi connectivity index (χ1n) is 5.54. The Morgan fingerprint density at radius 1 is 1.25 bits per heavy atom. The number of carbonyl (C=O) groups is 1. The van der Waals surface area contributed by atoms with Crippen LogP contribution in [0.2, 0.25) is 5.15 Å². The first-order valence-corrected chi connectivity index (χ1v) is 7.41. The Hall–Kier alpha value is -1.25. The van der Waals surface area contributed by atoms with Gasteiger partial charge in [0.25, 0.3) is 5.91 Å². The number of carbonyl (C=O) groups excluding carboxylic acids is 1. The van der Waals surface area contributed by atoms with Crippen molar-refractivity contribution in [1.29, 1.82) is 0 Å². The van der Waals surface area contributed by atoms with E-state index < -0.39 is 0 Å². The lowest BCUT2D eigenvalue weighted by Crippen LogP contribution is -2.34. The molecule has 2 rings (SSSR count). The summed E-state index contributed by atoms with van der Waals surface area (Å²) in [5, 5.41) is 6.08. The summed E-state index contributed by atoms with van der Waals surface area (Å²) < 4.78 is 0.860. The van der Waals surface area contributed by atoms with Crippen LogP contribution in [0.25, 0.3) is 0 Å². The topological polar surface area (TPSA) is 54.0 Å². The van der Waals surface area contributed by atoms with Crippen molar-refractivity contribution in [3.8, 4) is 0 Å². The van der Waals surface area contributed by atoms with Gasteiger partial charge < -0.3 is 5.32 Å². The standard InChI is InChI=1S/C13H9ClIN3OS/c14-11-6-5-8(7-16-11)17-13(20)18-12(19)9-3-1-2-4-10(9)15/h1-7H,(H2,17,18,19,20). The van der Waals surface area contributed by atoms with Gasteiger partial charge in [-0.2, -0.15) is 0 Å². The first-order chi connectivity index (χ1) is 9.56. The average Bonchev–Trinajstić information content (AvgIpc) is 2.41. The number of anilines is 1. The minimum Gasteiger partial charge on any atom is -0.331 e. The van der Waals surface area contributed by atoms with Crippen molar-refractivity contribution in [2.75, 3.05) is 5.32 Å². The molecule has 0 aliphatic carbocycles. The molecule has 1 amide bonds. The maximum atomic E-state index is 12.0. The summed E-state index contributed by atoms with van der Waals surface area (Å²) in [5.74, 6) is -0.255. The third-order valence-corrected chi connectivity index (χ3v) is 3.70. The van der Waals surface area contributed by atoms with Crippen molar-refractivity contribution in [3.63, 3.8) is 0 Å². The van der Waals surface area contributed by atoms with E-state index >= 15 is 0 Å². The Balaban J connectivity index is 2.00. The monoisotopic (exact) mass is 417 g/mol. The smallest absolute Gasteiger partial charge is 0.258 e. The zero-order valence-corrected chi connectivity index (χ0v) is 13.8. The van der Waals surface area contributed by atoms with E-state index in [9.17, 15) is 4.79 Å². The second-order valence-electron chi connectivity index (χ2n) is 3.76. The van der Waals surface area contributed by atoms with E-state index in [4.69, 9.17) is 23.8 Å². The van der Waals surface area contributed by atoms with Crippen LogP contribution in [0.1, 0.15) is 10.4 Å². The minimum atomic E-state index is -0.255. The summed E-state index contributed by atoms with van der Waals surface area (Å²) in [6, 6.07) is 10.6. The highest BCUT2D eigenvalue weighted by atomic mass is 127. The third kappa shape index (κ3) is 4.12. The fourth-order valence-electron chi connectivity index (χ4n) is 1.43. The van der Waals surface area contributed by atoms with Crippen molar-refractivity contribution in [2.24, 2.45) is 0 Å². The van der Waals surface area contributed by atoms with Crippen LogP contribution in [0.5, 0.6) is 0 Å². The number of rotatable bonds is 2. The second-order valence-corrected chi connectivity index (χ2v) is 5.72. The number of aromatic nitrogens is 1. The van der Waals surface area contributed by atoms with Crippen LogP contribution in [0.4, 0.5) is 5.69 Å². The molecule has 1 aromatic carbocycles. The number of hydrogen-bond acceptors (Lipinski definition) is 3. The minimum absolute atomic E-state index is 0.207. The molecule has 7 heteroatoms. The van der Waals surface area contributed by atoms with Crippen molar-refractivity contribution >= 4 is 63.1 Å². The van der Waals surface area contributed by atoms with Crippen molar-refractivity contribution in [2.45, 2.75) is 0 Å². The fraction of sp³-hybridized carbons (Fsp3) is 0. The molecule has 1 heterocycles. The zero-order chi connectivity index (χ0) is 14.5. The van der Waals surface area contributed by atoms with E-state index in [1.54, 1.807) is 24.3 Å². The Morgan fingerprint density at radius 2 is 2.00 bits per heavy atom. The molecule has 2 aromatic rings. The van der Waals surface area contributed by atoms with Crippen LogP contribution < -0.4 is 10.6 Å². The van der Waals surface area contributed by atoms with E-state index in [1.165, 1.54) is 6.20 Å². The Kier molecular flexibility index (Phi) is 5.27. The summed E-state index contributed by atoms with van der Waals surface area (Å²) in [5.41, 5.74) is 1.23. The molecule has 0 saturated heterocycles. The Morgan fingerprint density at radius 3 is 2.65 bits per heavy atom. The summed E-state index contributed by atoms with van der Waals surface area (Å²) >= 11 is 12.9. The van der Waals surface area contributed by atoms with E-state index in [1.807, 2.05) is 12.1 Å². The van der Waals surface area contributed by atoms with Gasteiger partial charge in [0, 0.05) is 3.57 Å². The van der Waals surface area contributed by atoms with Crippen LogP contribution in [0.15, 0.2) is 42.6 Å². The van der Waals surface area contributed by atoms with Gasteiger partial charge in [-0.05, 0) is 59.1 Å². The molecule has 0 spiro atoms. The zero-order valence-electron chi connectivity index (χ0n) is 10.1. The van der Waals surface area contributed by atoms with Gasteiger partial charge in [0.2, 0.25) is 0 Å². The third-order valence-electron chi connectivity index (χ3n) is 2.33. The molecule has 20 heavy (non-hydrogen) atoms. The number of thiocarbonyl (C=S) groups is 1. The van der Waals surface area contributed by atoms with Gasteiger partial charge in [0.15, 0.2) is 5.11 Å². The fourth-order valence-corrected chi connectivity index (χ4v) is 2.38. The highest BCUT2D eigenvalue weighted by Crippen LogP contribution is 2.12. The summed E-state index contributed by atoms with van der Waals surface area (Å²) in [4.78, 5) is 16.0. The molecule has 1 aromatic heterocycles. The molecule has 0 aliphatic rings. The molecular weight excluding hydrogens is 409 g/mol. The molecule has 4 nitrogen and oxygen atoms in total. The molecule has 0 aliphatic heterocycles. The number of nitrogens with zero attached hydrogens (tertiary/aromatic N) is 1. The van der Waals surface area contributed by atoms with Crippen LogP contribution in [0.3, 0.4) is 0 Å². The van der Waals surface area contributed by atoms with Gasteiger partial charge in [-0.3, -0.25) is 10.1 Å². The largest absolute Gasteiger partial charge is 0.331 e. The molecule has 0 fully saturated rings. The molecule has 0 atom stereocenters.